The molecule has 2 rings (SSSR count). The van der Waals surface area contributed by atoms with Crippen LogP contribution in [0.3, 0.4) is 0 Å². The SMILES string of the molecule is Cl.NCCNC(=O)CC1OCCc2ccccc21. The number of nitrogens with one attached hydrogen (secondary N) is 1. The second kappa shape index (κ2) is 7.36. The molecule has 0 aromatic heterocycles. The molecule has 1 aliphatic heterocycles. The first-order valence-corrected chi connectivity index (χ1v) is 5.97. The Hall–Kier alpha value is -1.10. The number of amides is 1. The molecule has 0 fully saturated rings. The molecule has 1 heterocycles. The number of rotatable bonds is 4. The first kappa shape index (κ1) is 15.0. The van der Waals surface area contributed by atoms with Crippen molar-refractivity contribution in [3.05, 3.63) is 35.4 Å². The van der Waals surface area contributed by atoms with E-state index in [-0.39, 0.29) is 24.4 Å². The Labute approximate surface area is 113 Å². The van der Waals surface area contributed by atoms with E-state index in [4.69, 9.17) is 10.5 Å². The smallest absolute Gasteiger partial charge is 0.223 e. The van der Waals surface area contributed by atoms with Crippen LogP contribution in [-0.4, -0.2) is 25.6 Å². The van der Waals surface area contributed by atoms with Gasteiger partial charge in [-0.25, -0.2) is 0 Å². The van der Waals surface area contributed by atoms with Crippen LogP contribution in [0.15, 0.2) is 24.3 Å². The van der Waals surface area contributed by atoms with Crippen molar-refractivity contribution in [1.29, 1.82) is 0 Å². The first-order valence-electron chi connectivity index (χ1n) is 5.97. The lowest BCUT2D eigenvalue weighted by atomic mass is 9.96. The molecule has 4 nitrogen and oxygen atoms in total. The Kier molecular flexibility index (Phi) is 6.12. The molecule has 0 radical (unpaired) electrons. The van der Waals surface area contributed by atoms with Crippen LogP contribution in [0.4, 0.5) is 0 Å². The number of hydrogen-bond acceptors (Lipinski definition) is 3. The highest BCUT2D eigenvalue weighted by atomic mass is 35.5. The quantitative estimate of drug-likeness (QED) is 0.864. The van der Waals surface area contributed by atoms with E-state index < -0.39 is 0 Å². The third kappa shape index (κ3) is 3.70. The Bertz CT molecular complexity index is 398. The number of carbonyl (C=O) groups is 1. The minimum Gasteiger partial charge on any atom is -0.373 e. The van der Waals surface area contributed by atoms with E-state index in [1.165, 1.54) is 5.56 Å². The molecule has 1 aromatic carbocycles. The zero-order valence-electron chi connectivity index (χ0n) is 10.2. The van der Waals surface area contributed by atoms with Crippen molar-refractivity contribution >= 4 is 18.3 Å². The summed E-state index contributed by atoms with van der Waals surface area (Å²) in [6, 6.07) is 8.14. The standard InChI is InChI=1S/C13H18N2O2.ClH/c14-6-7-15-13(16)9-12-11-4-2-1-3-10(11)5-8-17-12;/h1-4,12H,5-9,14H2,(H,15,16);1H. The molecule has 0 saturated heterocycles. The number of benzene rings is 1. The van der Waals surface area contributed by atoms with Gasteiger partial charge in [-0.05, 0) is 17.5 Å². The Balaban J connectivity index is 0.00000162. The zero-order chi connectivity index (χ0) is 12.1. The maximum atomic E-state index is 11.6. The first-order chi connectivity index (χ1) is 8.31. The maximum Gasteiger partial charge on any atom is 0.223 e. The number of fused-ring (bicyclic) bond motifs is 1. The number of nitrogens with two attached hydrogens (primary N) is 1. The van der Waals surface area contributed by atoms with Gasteiger partial charge in [-0.2, -0.15) is 0 Å². The average molecular weight is 271 g/mol. The van der Waals surface area contributed by atoms with Gasteiger partial charge in [-0.15, -0.1) is 12.4 Å². The predicted molar refractivity (Wildman–Crippen MR) is 72.8 cm³/mol. The molecule has 0 saturated carbocycles. The normalized spacial score (nSPS) is 17.5. The molecule has 0 spiro atoms. The summed E-state index contributed by atoms with van der Waals surface area (Å²) in [7, 11) is 0. The molecule has 0 bridgehead atoms. The summed E-state index contributed by atoms with van der Waals surface area (Å²) < 4.78 is 5.66. The largest absolute Gasteiger partial charge is 0.373 e. The average Bonchev–Trinajstić information content (AvgIpc) is 2.37. The highest BCUT2D eigenvalue weighted by molar-refractivity contribution is 5.85. The van der Waals surface area contributed by atoms with Gasteiger partial charge < -0.3 is 15.8 Å². The molecular weight excluding hydrogens is 252 g/mol. The summed E-state index contributed by atoms with van der Waals surface area (Å²) in [5, 5.41) is 2.77. The van der Waals surface area contributed by atoms with Crippen molar-refractivity contribution in [2.75, 3.05) is 19.7 Å². The maximum absolute atomic E-state index is 11.6. The van der Waals surface area contributed by atoms with Gasteiger partial charge in [0.15, 0.2) is 0 Å². The van der Waals surface area contributed by atoms with E-state index in [1.807, 2.05) is 18.2 Å². The highest BCUT2D eigenvalue weighted by Crippen LogP contribution is 2.29. The monoisotopic (exact) mass is 270 g/mol. The van der Waals surface area contributed by atoms with Crippen LogP contribution in [0.25, 0.3) is 0 Å². The van der Waals surface area contributed by atoms with E-state index >= 15 is 0 Å². The summed E-state index contributed by atoms with van der Waals surface area (Å²) in [5.41, 5.74) is 7.77. The molecule has 100 valence electrons. The van der Waals surface area contributed by atoms with Crippen LogP contribution in [0, 0.1) is 0 Å². The van der Waals surface area contributed by atoms with Crippen molar-refractivity contribution in [3.63, 3.8) is 0 Å². The molecule has 1 unspecified atom stereocenters. The Morgan fingerprint density at radius 1 is 1.44 bits per heavy atom. The Morgan fingerprint density at radius 3 is 3.00 bits per heavy atom. The lowest BCUT2D eigenvalue weighted by molar-refractivity contribution is -0.124. The molecule has 0 aliphatic carbocycles. The van der Waals surface area contributed by atoms with E-state index in [2.05, 4.69) is 11.4 Å². The second-order valence-electron chi connectivity index (χ2n) is 4.15. The minimum absolute atomic E-state index is 0. The lowest BCUT2D eigenvalue weighted by Crippen LogP contribution is -2.31. The van der Waals surface area contributed by atoms with Gasteiger partial charge in [-0.3, -0.25) is 4.79 Å². The third-order valence-electron chi connectivity index (χ3n) is 2.93. The van der Waals surface area contributed by atoms with Crippen LogP contribution in [0.1, 0.15) is 23.7 Å². The van der Waals surface area contributed by atoms with Crippen molar-refractivity contribution in [1.82, 2.24) is 5.32 Å². The van der Waals surface area contributed by atoms with E-state index in [0.717, 1.165) is 12.0 Å². The second-order valence-corrected chi connectivity index (χ2v) is 4.15. The van der Waals surface area contributed by atoms with Gasteiger partial charge in [-0.1, -0.05) is 24.3 Å². The summed E-state index contributed by atoms with van der Waals surface area (Å²) in [5.74, 6) is -0.00264. The fraction of sp³-hybridized carbons (Fsp3) is 0.462. The molecule has 1 atom stereocenters. The van der Waals surface area contributed by atoms with E-state index in [9.17, 15) is 4.79 Å². The molecule has 1 aliphatic rings. The van der Waals surface area contributed by atoms with E-state index in [1.54, 1.807) is 0 Å². The molecule has 18 heavy (non-hydrogen) atoms. The van der Waals surface area contributed by atoms with Crippen molar-refractivity contribution in [3.8, 4) is 0 Å². The molecule has 3 N–H and O–H groups in total. The summed E-state index contributed by atoms with van der Waals surface area (Å²) in [6.07, 6.45) is 1.19. The highest BCUT2D eigenvalue weighted by Gasteiger charge is 2.22. The lowest BCUT2D eigenvalue weighted by Gasteiger charge is -2.25. The molecule has 5 heteroatoms. The van der Waals surface area contributed by atoms with Crippen LogP contribution in [0.5, 0.6) is 0 Å². The number of halogens is 1. The van der Waals surface area contributed by atoms with Gasteiger partial charge in [0, 0.05) is 13.1 Å². The van der Waals surface area contributed by atoms with Crippen LogP contribution >= 0.6 is 12.4 Å². The van der Waals surface area contributed by atoms with Crippen molar-refractivity contribution < 1.29 is 9.53 Å². The van der Waals surface area contributed by atoms with Crippen LogP contribution in [-0.2, 0) is 16.0 Å². The van der Waals surface area contributed by atoms with Crippen LogP contribution in [0.2, 0.25) is 0 Å². The van der Waals surface area contributed by atoms with Crippen molar-refractivity contribution in [2.45, 2.75) is 18.9 Å². The number of carbonyl (C=O) groups excluding carboxylic acids is 1. The summed E-state index contributed by atoms with van der Waals surface area (Å²) in [4.78, 5) is 11.6. The Morgan fingerprint density at radius 2 is 2.22 bits per heavy atom. The zero-order valence-corrected chi connectivity index (χ0v) is 11.0. The minimum atomic E-state index is -0.113. The van der Waals surface area contributed by atoms with Gasteiger partial charge in [0.05, 0.1) is 19.1 Å². The fourth-order valence-corrected chi connectivity index (χ4v) is 2.10. The summed E-state index contributed by atoms with van der Waals surface area (Å²) in [6.45, 7) is 1.67. The predicted octanol–water partition coefficient (Wildman–Crippen LogP) is 1.19. The van der Waals surface area contributed by atoms with Crippen LogP contribution < -0.4 is 11.1 Å². The van der Waals surface area contributed by atoms with Gasteiger partial charge in [0.2, 0.25) is 5.91 Å². The molecule has 1 aromatic rings. The van der Waals surface area contributed by atoms with Crippen molar-refractivity contribution in [2.24, 2.45) is 5.73 Å². The number of ether oxygens (including phenoxy) is 1. The summed E-state index contributed by atoms with van der Waals surface area (Å²) >= 11 is 0. The topological polar surface area (TPSA) is 64.3 Å². The molecular formula is C13H19ClN2O2. The third-order valence-corrected chi connectivity index (χ3v) is 2.93. The number of hydrogen-bond donors (Lipinski definition) is 2. The van der Waals surface area contributed by atoms with Gasteiger partial charge in [0.1, 0.15) is 0 Å². The molecule has 1 amide bonds. The van der Waals surface area contributed by atoms with Gasteiger partial charge >= 0.3 is 0 Å². The fourth-order valence-electron chi connectivity index (χ4n) is 2.10. The van der Waals surface area contributed by atoms with Gasteiger partial charge in [0.25, 0.3) is 0 Å². The van der Waals surface area contributed by atoms with E-state index in [0.29, 0.717) is 26.1 Å².